The van der Waals surface area contributed by atoms with Gasteiger partial charge in [-0.1, -0.05) is 20.8 Å². The average Bonchev–Trinajstić information content (AvgIpc) is 2.28. The van der Waals surface area contributed by atoms with E-state index in [1.165, 1.54) is 5.56 Å². The first-order chi connectivity index (χ1) is 8.60. The van der Waals surface area contributed by atoms with E-state index in [2.05, 4.69) is 43.0 Å². The third-order valence-corrected chi connectivity index (χ3v) is 2.68. The summed E-state index contributed by atoms with van der Waals surface area (Å²) in [5.74, 6) is 2.14. The zero-order chi connectivity index (χ0) is 13.5. The van der Waals surface area contributed by atoms with Crippen molar-refractivity contribution >= 4 is 5.82 Å². The van der Waals surface area contributed by atoms with Gasteiger partial charge in [-0.15, -0.1) is 0 Å². The van der Waals surface area contributed by atoms with Crippen LogP contribution in [-0.4, -0.2) is 23.1 Å². The van der Waals surface area contributed by atoms with Crippen molar-refractivity contribution in [2.75, 3.05) is 18.5 Å². The monoisotopic (exact) mass is 251 g/mol. The minimum Gasteiger partial charge on any atom is -0.373 e. The maximum atomic E-state index is 5.50. The van der Waals surface area contributed by atoms with Gasteiger partial charge in [0.2, 0.25) is 0 Å². The first-order valence-corrected chi connectivity index (χ1v) is 6.79. The van der Waals surface area contributed by atoms with E-state index in [4.69, 9.17) is 4.74 Å². The van der Waals surface area contributed by atoms with Crippen LogP contribution in [0.3, 0.4) is 0 Å². The van der Waals surface area contributed by atoms with E-state index in [0.717, 1.165) is 36.9 Å². The molecule has 0 aliphatic rings. The molecular formula is C14H25N3O. The lowest BCUT2D eigenvalue weighted by Crippen LogP contribution is -2.12. The van der Waals surface area contributed by atoms with E-state index in [-0.39, 0.29) is 0 Å². The predicted octanol–water partition coefficient (Wildman–Crippen LogP) is 3.27. The van der Waals surface area contributed by atoms with E-state index in [9.17, 15) is 0 Å². The molecule has 102 valence electrons. The quantitative estimate of drug-likeness (QED) is 0.756. The molecule has 0 aliphatic carbocycles. The molecule has 0 bridgehead atoms. The third kappa shape index (κ3) is 3.95. The highest BCUT2D eigenvalue weighted by Gasteiger charge is 2.14. The maximum absolute atomic E-state index is 5.50. The molecule has 0 aromatic carbocycles. The molecule has 1 aromatic rings. The molecule has 1 N–H and O–H groups in total. The maximum Gasteiger partial charge on any atom is 0.156 e. The Labute approximate surface area is 110 Å². The molecule has 0 saturated heterocycles. The standard InChI is InChI=1S/C14H25N3O/c1-6-8-18-9-12-16-11(5)13(10(3)4)14(17-12)15-7-2/h10H,6-9H2,1-5H3,(H,15,16,17). The van der Waals surface area contributed by atoms with Crippen molar-refractivity contribution in [1.29, 1.82) is 0 Å². The summed E-state index contributed by atoms with van der Waals surface area (Å²) in [5, 5.41) is 3.32. The Morgan fingerprint density at radius 1 is 1.22 bits per heavy atom. The van der Waals surface area contributed by atoms with Crippen LogP contribution in [0, 0.1) is 6.92 Å². The summed E-state index contributed by atoms with van der Waals surface area (Å²) in [7, 11) is 0. The molecule has 0 amide bonds. The normalized spacial score (nSPS) is 11.0. The Balaban J connectivity index is 2.95. The summed E-state index contributed by atoms with van der Waals surface area (Å²) in [4.78, 5) is 9.10. The highest BCUT2D eigenvalue weighted by molar-refractivity contribution is 5.48. The molecule has 1 aromatic heterocycles. The summed E-state index contributed by atoms with van der Waals surface area (Å²) in [5.41, 5.74) is 2.25. The van der Waals surface area contributed by atoms with Crippen LogP contribution >= 0.6 is 0 Å². The van der Waals surface area contributed by atoms with Gasteiger partial charge in [-0.05, 0) is 26.2 Å². The second-order valence-electron chi connectivity index (χ2n) is 4.73. The first-order valence-electron chi connectivity index (χ1n) is 6.79. The van der Waals surface area contributed by atoms with Crippen LogP contribution in [0.15, 0.2) is 0 Å². The molecule has 4 nitrogen and oxygen atoms in total. The van der Waals surface area contributed by atoms with Crippen molar-refractivity contribution in [2.45, 2.75) is 53.6 Å². The van der Waals surface area contributed by atoms with Gasteiger partial charge in [0.05, 0.1) is 0 Å². The fourth-order valence-electron chi connectivity index (χ4n) is 2.01. The Bertz CT molecular complexity index is 378. The molecule has 0 spiro atoms. The summed E-state index contributed by atoms with van der Waals surface area (Å²) in [6.07, 6.45) is 1.02. The Hall–Kier alpha value is -1.16. The Morgan fingerprint density at radius 3 is 2.50 bits per heavy atom. The topological polar surface area (TPSA) is 47.0 Å². The number of aryl methyl sites for hydroxylation is 1. The van der Waals surface area contributed by atoms with Crippen molar-refractivity contribution < 1.29 is 4.74 Å². The fourth-order valence-corrected chi connectivity index (χ4v) is 2.01. The van der Waals surface area contributed by atoms with E-state index >= 15 is 0 Å². The minimum atomic E-state index is 0.421. The van der Waals surface area contributed by atoms with Crippen LogP contribution in [-0.2, 0) is 11.3 Å². The fraction of sp³-hybridized carbons (Fsp3) is 0.714. The predicted molar refractivity (Wildman–Crippen MR) is 75.0 cm³/mol. The van der Waals surface area contributed by atoms with Crippen molar-refractivity contribution in [3.05, 3.63) is 17.1 Å². The van der Waals surface area contributed by atoms with Crippen molar-refractivity contribution in [3.8, 4) is 0 Å². The second-order valence-corrected chi connectivity index (χ2v) is 4.73. The van der Waals surface area contributed by atoms with Gasteiger partial charge < -0.3 is 10.1 Å². The van der Waals surface area contributed by atoms with E-state index in [1.807, 2.05) is 6.92 Å². The molecule has 0 saturated carbocycles. The van der Waals surface area contributed by atoms with E-state index in [1.54, 1.807) is 0 Å². The molecule has 0 atom stereocenters. The zero-order valence-electron chi connectivity index (χ0n) is 12.2. The molecule has 0 fully saturated rings. The Kier molecular flexibility index (Phi) is 6.05. The SMILES string of the molecule is CCCOCc1nc(C)c(C(C)C)c(NCC)n1. The first kappa shape index (κ1) is 14.9. The number of hydrogen-bond donors (Lipinski definition) is 1. The van der Waals surface area contributed by atoms with Crippen LogP contribution in [0.5, 0.6) is 0 Å². The number of hydrogen-bond acceptors (Lipinski definition) is 4. The van der Waals surface area contributed by atoms with Crippen LogP contribution in [0.1, 0.15) is 57.1 Å². The number of aromatic nitrogens is 2. The van der Waals surface area contributed by atoms with Gasteiger partial charge in [0.1, 0.15) is 12.4 Å². The average molecular weight is 251 g/mol. The number of nitrogens with zero attached hydrogens (tertiary/aromatic N) is 2. The molecule has 0 radical (unpaired) electrons. The number of rotatable bonds is 7. The number of anilines is 1. The second kappa shape index (κ2) is 7.31. The summed E-state index contributed by atoms with van der Waals surface area (Å²) in [6, 6.07) is 0. The van der Waals surface area contributed by atoms with Crippen LogP contribution in [0.25, 0.3) is 0 Å². The molecular weight excluding hydrogens is 226 g/mol. The zero-order valence-corrected chi connectivity index (χ0v) is 12.2. The molecule has 0 unspecified atom stereocenters. The van der Waals surface area contributed by atoms with Crippen molar-refractivity contribution in [3.63, 3.8) is 0 Å². The van der Waals surface area contributed by atoms with Gasteiger partial charge in [0, 0.05) is 24.4 Å². The summed E-state index contributed by atoms with van der Waals surface area (Å²) in [6.45, 7) is 12.7. The summed E-state index contributed by atoms with van der Waals surface area (Å²) >= 11 is 0. The number of nitrogens with one attached hydrogen (secondary N) is 1. The van der Waals surface area contributed by atoms with Crippen LogP contribution in [0.4, 0.5) is 5.82 Å². The van der Waals surface area contributed by atoms with Gasteiger partial charge >= 0.3 is 0 Å². The Morgan fingerprint density at radius 2 is 1.94 bits per heavy atom. The minimum absolute atomic E-state index is 0.421. The third-order valence-electron chi connectivity index (χ3n) is 2.68. The lowest BCUT2D eigenvalue weighted by molar-refractivity contribution is 0.116. The van der Waals surface area contributed by atoms with Gasteiger partial charge in [0.15, 0.2) is 5.82 Å². The lowest BCUT2D eigenvalue weighted by atomic mass is 10.0. The summed E-state index contributed by atoms with van der Waals surface area (Å²) < 4.78 is 5.50. The molecule has 4 heteroatoms. The van der Waals surface area contributed by atoms with Gasteiger partial charge in [-0.2, -0.15) is 0 Å². The molecule has 18 heavy (non-hydrogen) atoms. The smallest absolute Gasteiger partial charge is 0.156 e. The molecule has 0 aliphatic heterocycles. The van der Waals surface area contributed by atoms with Gasteiger partial charge in [-0.25, -0.2) is 9.97 Å². The number of ether oxygens (including phenoxy) is 1. The van der Waals surface area contributed by atoms with Gasteiger partial charge in [-0.3, -0.25) is 0 Å². The lowest BCUT2D eigenvalue weighted by Gasteiger charge is -2.16. The van der Waals surface area contributed by atoms with Crippen molar-refractivity contribution in [2.24, 2.45) is 0 Å². The van der Waals surface area contributed by atoms with E-state index in [0.29, 0.717) is 12.5 Å². The highest BCUT2D eigenvalue weighted by atomic mass is 16.5. The van der Waals surface area contributed by atoms with Gasteiger partial charge in [0.25, 0.3) is 0 Å². The van der Waals surface area contributed by atoms with E-state index < -0.39 is 0 Å². The highest BCUT2D eigenvalue weighted by Crippen LogP contribution is 2.25. The largest absolute Gasteiger partial charge is 0.373 e. The molecule has 1 rings (SSSR count). The molecule has 1 heterocycles. The van der Waals surface area contributed by atoms with Crippen LogP contribution in [0.2, 0.25) is 0 Å². The van der Waals surface area contributed by atoms with Crippen LogP contribution < -0.4 is 5.32 Å². The van der Waals surface area contributed by atoms with Crippen molar-refractivity contribution in [1.82, 2.24) is 9.97 Å².